The SMILES string of the molecule is [2H]CCC(C)NC. The fourth-order valence-corrected chi connectivity index (χ4v) is 0.144. The average Bonchev–Trinajstić information content (AvgIpc) is 1.68. The molecule has 6 heavy (non-hydrogen) atoms. The molecule has 1 unspecified atom stereocenters. The highest BCUT2D eigenvalue weighted by Crippen LogP contribution is 1.82. The minimum Gasteiger partial charge on any atom is -0.317 e. The van der Waals surface area contributed by atoms with Gasteiger partial charge in [0, 0.05) is 7.41 Å². The third-order valence-corrected chi connectivity index (χ3v) is 0.926. The Hall–Kier alpha value is -0.0400. The van der Waals surface area contributed by atoms with Gasteiger partial charge in [0.2, 0.25) is 0 Å². The Morgan fingerprint density at radius 1 is 2.00 bits per heavy atom. The molecular formula is C5H13N. The average molecular weight is 88.2 g/mol. The molecule has 0 aromatic carbocycles. The minimum absolute atomic E-state index is 0.512. The molecule has 0 aliphatic carbocycles. The molecule has 0 amide bonds. The van der Waals surface area contributed by atoms with Crippen LogP contribution in [0, 0.1) is 0 Å². The van der Waals surface area contributed by atoms with Crippen molar-refractivity contribution in [2.75, 3.05) is 7.05 Å². The molecule has 0 rings (SSSR count). The van der Waals surface area contributed by atoms with Crippen molar-refractivity contribution >= 4 is 0 Å². The summed E-state index contributed by atoms with van der Waals surface area (Å²) in [6.45, 7) is 2.61. The Kier molecular flexibility index (Phi) is 2.18. The van der Waals surface area contributed by atoms with Crippen LogP contribution in [0.5, 0.6) is 0 Å². The second kappa shape index (κ2) is 3.16. The highest BCUT2D eigenvalue weighted by atomic mass is 14.8. The van der Waals surface area contributed by atoms with Crippen LogP contribution in [0.25, 0.3) is 0 Å². The Morgan fingerprint density at radius 3 is 2.83 bits per heavy atom. The van der Waals surface area contributed by atoms with Crippen molar-refractivity contribution in [3.05, 3.63) is 0 Å². The second-order valence-electron chi connectivity index (χ2n) is 1.48. The Balaban J connectivity index is 2.83. The van der Waals surface area contributed by atoms with Crippen LogP contribution in [0.15, 0.2) is 0 Å². The lowest BCUT2D eigenvalue weighted by molar-refractivity contribution is 0.593. The van der Waals surface area contributed by atoms with Gasteiger partial charge in [0.25, 0.3) is 0 Å². The third-order valence-electron chi connectivity index (χ3n) is 0.926. The molecule has 0 fully saturated rings. The maximum absolute atomic E-state index is 6.80. The van der Waals surface area contributed by atoms with Gasteiger partial charge in [-0.2, -0.15) is 0 Å². The molecule has 0 heterocycles. The molecular weight excluding hydrogens is 74.1 g/mol. The fraction of sp³-hybridized carbons (Fsp3) is 1.00. The van der Waals surface area contributed by atoms with Crippen LogP contribution in [0.2, 0.25) is 0 Å². The summed E-state index contributed by atoms with van der Waals surface area (Å²) < 4.78 is 6.80. The monoisotopic (exact) mass is 88.1 g/mol. The van der Waals surface area contributed by atoms with Gasteiger partial charge >= 0.3 is 0 Å². The first-order valence-corrected chi connectivity index (χ1v) is 2.27. The Bertz CT molecular complexity index is 39.1. The molecule has 0 aliphatic rings. The van der Waals surface area contributed by atoms with Crippen molar-refractivity contribution in [1.29, 1.82) is 0 Å². The maximum atomic E-state index is 6.80. The maximum Gasteiger partial charge on any atom is 0.0231 e. The van der Waals surface area contributed by atoms with Crippen LogP contribution in [0.3, 0.4) is 0 Å². The summed E-state index contributed by atoms with van der Waals surface area (Å²) in [4.78, 5) is 0. The van der Waals surface area contributed by atoms with Crippen LogP contribution >= 0.6 is 0 Å². The van der Waals surface area contributed by atoms with Gasteiger partial charge < -0.3 is 5.32 Å². The van der Waals surface area contributed by atoms with E-state index in [0.29, 0.717) is 12.9 Å². The van der Waals surface area contributed by atoms with Gasteiger partial charge in [-0.1, -0.05) is 6.90 Å². The van der Waals surface area contributed by atoms with Gasteiger partial charge in [-0.05, 0) is 20.4 Å². The molecule has 0 spiro atoms. The molecule has 0 aliphatic heterocycles. The van der Waals surface area contributed by atoms with E-state index in [4.69, 9.17) is 1.37 Å². The summed E-state index contributed by atoms with van der Waals surface area (Å²) in [6.07, 6.45) is 0.955. The summed E-state index contributed by atoms with van der Waals surface area (Å²) in [5.74, 6) is 0. The summed E-state index contributed by atoms with van der Waals surface area (Å²) in [5, 5.41) is 3.05. The number of nitrogens with one attached hydrogen (secondary N) is 1. The summed E-state index contributed by atoms with van der Waals surface area (Å²) in [5.41, 5.74) is 0. The van der Waals surface area contributed by atoms with Crippen molar-refractivity contribution in [2.45, 2.75) is 26.3 Å². The highest BCUT2D eigenvalue weighted by Gasteiger charge is 1.86. The van der Waals surface area contributed by atoms with Crippen molar-refractivity contribution in [1.82, 2.24) is 5.32 Å². The fourth-order valence-electron chi connectivity index (χ4n) is 0.144. The molecule has 38 valence electrons. The minimum atomic E-state index is 0.512. The van der Waals surface area contributed by atoms with Crippen molar-refractivity contribution in [3.63, 3.8) is 0 Å². The molecule has 1 atom stereocenters. The lowest BCUT2D eigenvalue weighted by Gasteiger charge is -2.02. The van der Waals surface area contributed by atoms with Crippen LogP contribution < -0.4 is 5.32 Å². The molecule has 0 saturated heterocycles. The van der Waals surface area contributed by atoms with Gasteiger partial charge in [-0.25, -0.2) is 0 Å². The van der Waals surface area contributed by atoms with E-state index in [-0.39, 0.29) is 0 Å². The van der Waals surface area contributed by atoms with E-state index in [2.05, 4.69) is 12.2 Å². The van der Waals surface area contributed by atoms with E-state index >= 15 is 0 Å². The molecule has 0 aromatic rings. The molecule has 0 saturated carbocycles. The first kappa shape index (κ1) is 4.13. The van der Waals surface area contributed by atoms with E-state index < -0.39 is 0 Å². The second-order valence-corrected chi connectivity index (χ2v) is 1.48. The summed E-state index contributed by atoms with van der Waals surface area (Å²) in [7, 11) is 1.92. The van der Waals surface area contributed by atoms with E-state index in [0.717, 1.165) is 6.42 Å². The van der Waals surface area contributed by atoms with Crippen molar-refractivity contribution in [3.8, 4) is 0 Å². The first-order chi connectivity index (χ1) is 3.31. The normalized spacial score (nSPS) is 16.7. The van der Waals surface area contributed by atoms with Gasteiger partial charge in [-0.15, -0.1) is 0 Å². The van der Waals surface area contributed by atoms with Gasteiger partial charge in [0.15, 0.2) is 0 Å². The Labute approximate surface area is 41.2 Å². The molecule has 1 nitrogen and oxygen atoms in total. The molecule has 1 N–H and O–H groups in total. The first-order valence-electron chi connectivity index (χ1n) is 2.98. The van der Waals surface area contributed by atoms with E-state index in [1.165, 1.54) is 0 Å². The lowest BCUT2D eigenvalue weighted by atomic mass is 10.3. The van der Waals surface area contributed by atoms with Gasteiger partial charge in [0.05, 0.1) is 0 Å². The van der Waals surface area contributed by atoms with Gasteiger partial charge in [0.1, 0.15) is 0 Å². The van der Waals surface area contributed by atoms with Gasteiger partial charge in [-0.3, -0.25) is 0 Å². The standard InChI is InChI=1S/C5H13N/c1-4-5(2)6-3/h5-6H,4H2,1-3H3/i1D. The number of hydrogen-bond acceptors (Lipinski definition) is 1. The number of hydrogen-bond donors (Lipinski definition) is 1. The van der Waals surface area contributed by atoms with Crippen LogP contribution in [-0.2, 0) is 0 Å². The zero-order valence-electron chi connectivity index (χ0n) is 5.49. The van der Waals surface area contributed by atoms with Crippen LogP contribution in [-0.4, -0.2) is 13.1 Å². The van der Waals surface area contributed by atoms with E-state index in [9.17, 15) is 0 Å². The highest BCUT2D eigenvalue weighted by molar-refractivity contribution is 4.49. The van der Waals surface area contributed by atoms with Crippen molar-refractivity contribution in [2.24, 2.45) is 0 Å². The number of rotatable bonds is 2. The molecule has 0 bridgehead atoms. The van der Waals surface area contributed by atoms with Crippen LogP contribution in [0.1, 0.15) is 21.6 Å². The zero-order chi connectivity index (χ0) is 5.70. The zero-order valence-corrected chi connectivity index (χ0v) is 4.49. The third kappa shape index (κ3) is 2.21. The predicted molar refractivity (Wildman–Crippen MR) is 28.8 cm³/mol. The van der Waals surface area contributed by atoms with E-state index in [1.54, 1.807) is 0 Å². The largest absolute Gasteiger partial charge is 0.317 e. The van der Waals surface area contributed by atoms with Crippen LogP contribution in [0.4, 0.5) is 0 Å². The lowest BCUT2D eigenvalue weighted by Crippen LogP contribution is -2.19. The molecule has 1 heteroatoms. The van der Waals surface area contributed by atoms with Crippen molar-refractivity contribution < 1.29 is 1.37 Å². The predicted octanol–water partition coefficient (Wildman–Crippen LogP) is 1.00. The smallest absolute Gasteiger partial charge is 0.0231 e. The molecule has 0 radical (unpaired) electrons. The summed E-state index contributed by atoms with van der Waals surface area (Å²) in [6, 6.07) is 0.512. The summed E-state index contributed by atoms with van der Waals surface area (Å²) >= 11 is 0. The Morgan fingerprint density at radius 2 is 2.67 bits per heavy atom. The quantitative estimate of drug-likeness (QED) is 0.531. The topological polar surface area (TPSA) is 12.0 Å². The molecule has 0 aromatic heterocycles. The van der Waals surface area contributed by atoms with E-state index in [1.807, 2.05) is 7.05 Å².